The summed E-state index contributed by atoms with van der Waals surface area (Å²) in [6, 6.07) is 7.15. The summed E-state index contributed by atoms with van der Waals surface area (Å²) in [5.74, 6) is 0.625. The van der Waals surface area contributed by atoms with Crippen molar-refractivity contribution in [1.82, 2.24) is 15.5 Å². The number of rotatable bonds is 6. The van der Waals surface area contributed by atoms with E-state index in [0.717, 1.165) is 24.8 Å². The van der Waals surface area contributed by atoms with E-state index < -0.39 is 5.60 Å². The molecule has 1 atom stereocenters. The molecule has 0 radical (unpaired) electrons. The minimum Gasteiger partial charge on any atom is -0.380 e. The highest BCUT2D eigenvalue weighted by Crippen LogP contribution is 2.36. The number of carbonyl (C=O) groups is 1. The van der Waals surface area contributed by atoms with Gasteiger partial charge in [0, 0.05) is 23.6 Å². The molecule has 6 nitrogen and oxygen atoms in total. The molecule has 24 heavy (non-hydrogen) atoms. The van der Waals surface area contributed by atoms with Crippen molar-refractivity contribution < 1.29 is 14.4 Å². The zero-order valence-corrected chi connectivity index (χ0v) is 14.2. The summed E-state index contributed by atoms with van der Waals surface area (Å²) in [6.07, 6.45) is 3.28. The minimum atomic E-state index is -1.30. The molecule has 128 valence electrons. The standard InChI is InChI=1S/C17H20ClN3O3/c1-17(23,12-3-2-4-12)16(22)19-10-9-14-20-15(21-24-14)11-5-7-13(18)8-6-11/h5-8,12,23H,2-4,9-10H2,1H3,(H,19,22)/t17-/m1/s1. The summed E-state index contributed by atoms with van der Waals surface area (Å²) in [6.45, 7) is 1.92. The van der Waals surface area contributed by atoms with Gasteiger partial charge in [0.1, 0.15) is 5.60 Å². The highest BCUT2D eigenvalue weighted by Gasteiger charge is 2.41. The second-order valence-corrected chi connectivity index (χ2v) is 6.74. The maximum atomic E-state index is 12.1. The number of carbonyl (C=O) groups excluding carboxylic acids is 1. The van der Waals surface area contributed by atoms with Gasteiger partial charge in [-0.25, -0.2) is 0 Å². The fraction of sp³-hybridized carbons (Fsp3) is 0.471. The van der Waals surface area contributed by atoms with Gasteiger partial charge in [-0.2, -0.15) is 4.98 Å². The lowest BCUT2D eigenvalue weighted by molar-refractivity contribution is -0.147. The third-order valence-electron chi connectivity index (χ3n) is 4.55. The normalized spacial score (nSPS) is 17.1. The summed E-state index contributed by atoms with van der Waals surface area (Å²) >= 11 is 5.85. The van der Waals surface area contributed by atoms with Crippen LogP contribution in [0.4, 0.5) is 0 Å². The van der Waals surface area contributed by atoms with E-state index in [-0.39, 0.29) is 11.8 Å². The van der Waals surface area contributed by atoms with Crippen LogP contribution in [-0.4, -0.2) is 33.3 Å². The molecule has 1 heterocycles. The second-order valence-electron chi connectivity index (χ2n) is 6.30. The smallest absolute Gasteiger partial charge is 0.251 e. The van der Waals surface area contributed by atoms with Gasteiger partial charge >= 0.3 is 0 Å². The SMILES string of the molecule is C[C@](O)(C(=O)NCCc1nc(-c2ccc(Cl)cc2)no1)C1CCC1. The number of halogens is 1. The average Bonchev–Trinajstić information content (AvgIpc) is 2.94. The van der Waals surface area contributed by atoms with Crippen LogP contribution in [0.5, 0.6) is 0 Å². The first-order valence-electron chi connectivity index (χ1n) is 8.06. The predicted octanol–water partition coefficient (Wildman–Crippen LogP) is 2.60. The van der Waals surface area contributed by atoms with Crippen molar-refractivity contribution in [2.75, 3.05) is 6.54 Å². The van der Waals surface area contributed by atoms with Gasteiger partial charge in [0.05, 0.1) is 0 Å². The van der Waals surface area contributed by atoms with Crippen molar-refractivity contribution >= 4 is 17.5 Å². The fourth-order valence-electron chi connectivity index (χ4n) is 2.69. The van der Waals surface area contributed by atoms with E-state index in [0.29, 0.717) is 29.7 Å². The summed E-state index contributed by atoms with van der Waals surface area (Å²) < 4.78 is 5.19. The minimum absolute atomic E-state index is 0.0532. The van der Waals surface area contributed by atoms with Crippen molar-refractivity contribution in [2.45, 2.75) is 38.2 Å². The Labute approximate surface area is 145 Å². The maximum Gasteiger partial charge on any atom is 0.251 e. The Kier molecular flexibility index (Phi) is 4.87. The molecule has 3 rings (SSSR count). The molecule has 1 aliphatic rings. The average molecular weight is 350 g/mol. The molecule has 0 unspecified atom stereocenters. The Bertz CT molecular complexity index is 708. The van der Waals surface area contributed by atoms with Gasteiger partial charge in [-0.15, -0.1) is 0 Å². The number of amides is 1. The first kappa shape index (κ1) is 16.9. The number of hydrogen-bond donors (Lipinski definition) is 2. The lowest BCUT2D eigenvalue weighted by Crippen LogP contribution is -2.52. The Morgan fingerprint density at radius 2 is 2.12 bits per heavy atom. The number of nitrogens with zero attached hydrogens (tertiary/aromatic N) is 2. The molecule has 1 amide bonds. The topological polar surface area (TPSA) is 88.2 Å². The third kappa shape index (κ3) is 3.60. The van der Waals surface area contributed by atoms with Gasteiger partial charge in [-0.3, -0.25) is 4.79 Å². The van der Waals surface area contributed by atoms with Crippen LogP contribution in [0.25, 0.3) is 11.4 Å². The van der Waals surface area contributed by atoms with Crippen LogP contribution in [0.2, 0.25) is 5.02 Å². The molecule has 1 aromatic heterocycles. The Morgan fingerprint density at radius 3 is 2.75 bits per heavy atom. The number of benzene rings is 1. The molecule has 0 aliphatic heterocycles. The maximum absolute atomic E-state index is 12.1. The van der Waals surface area contributed by atoms with Gasteiger partial charge < -0.3 is 14.9 Å². The van der Waals surface area contributed by atoms with Crippen molar-refractivity contribution in [3.05, 3.63) is 35.2 Å². The second kappa shape index (κ2) is 6.91. The van der Waals surface area contributed by atoms with Crippen molar-refractivity contribution in [1.29, 1.82) is 0 Å². The van der Waals surface area contributed by atoms with E-state index in [1.165, 1.54) is 0 Å². The molecule has 0 spiro atoms. The van der Waals surface area contributed by atoms with Crippen LogP contribution in [-0.2, 0) is 11.2 Å². The molecule has 2 aromatic rings. The summed E-state index contributed by atoms with van der Waals surface area (Å²) in [5.41, 5.74) is -0.493. The zero-order chi connectivity index (χ0) is 17.2. The first-order valence-corrected chi connectivity index (χ1v) is 8.44. The van der Waals surface area contributed by atoms with Crippen LogP contribution >= 0.6 is 11.6 Å². The zero-order valence-electron chi connectivity index (χ0n) is 13.5. The van der Waals surface area contributed by atoms with Crippen LogP contribution in [0, 0.1) is 5.92 Å². The van der Waals surface area contributed by atoms with Gasteiger partial charge in [-0.1, -0.05) is 23.2 Å². The molecule has 1 aromatic carbocycles. The summed E-state index contributed by atoms with van der Waals surface area (Å²) in [5, 5.41) is 17.6. The van der Waals surface area contributed by atoms with E-state index in [9.17, 15) is 9.90 Å². The van der Waals surface area contributed by atoms with Crippen LogP contribution in [0.15, 0.2) is 28.8 Å². The fourth-order valence-corrected chi connectivity index (χ4v) is 2.82. The molecule has 1 fully saturated rings. The molecule has 1 saturated carbocycles. The molecule has 0 saturated heterocycles. The van der Waals surface area contributed by atoms with Gasteiger partial charge in [0.2, 0.25) is 11.7 Å². The van der Waals surface area contributed by atoms with Gasteiger partial charge in [0.25, 0.3) is 5.91 Å². The van der Waals surface area contributed by atoms with Crippen molar-refractivity contribution in [3.63, 3.8) is 0 Å². The highest BCUT2D eigenvalue weighted by atomic mass is 35.5. The molecule has 2 N–H and O–H groups in total. The summed E-state index contributed by atoms with van der Waals surface area (Å²) in [4.78, 5) is 16.4. The Hall–Kier alpha value is -1.92. The number of hydrogen-bond acceptors (Lipinski definition) is 5. The Morgan fingerprint density at radius 1 is 1.42 bits per heavy atom. The van der Waals surface area contributed by atoms with Crippen molar-refractivity contribution in [3.8, 4) is 11.4 Å². The van der Waals surface area contributed by atoms with Gasteiger partial charge in [-0.05, 0) is 49.9 Å². The van der Waals surface area contributed by atoms with Gasteiger partial charge in [0.15, 0.2) is 0 Å². The monoisotopic (exact) mass is 349 g/mol. The predicted molar refractivity (Wildman–Crippen MR) is 89.4 cm³/mol. The summed E-state index contributed by atoms with van der Waals surface area (Å²) in [7, 11) is 0. The third-order valence-corrected chi connectivity index (χ3v) is 4.81. The quantitative estimate of drug-likeness (QED) is 0.836. The van der Waals surface area contributed by atoms with E-state index >= 15 is 0 Å². The lowest BCUT2D eigenvalue weighted by atomic mass is 9.73. The first-order chi connectivity index (χ1) is 11.5. The molecule has 1 aliphatic carbocycles. The van der Waals surface area contributed by atoms with E-state index in [4.69, 9.17) is 16.1 Å². The largest absolute Gasteiger partial charge is 0.380 e. The number of nitrogens with one attached hydrogen (secondary N) is 1. The van der Waals surface area contributed by atoms with E-state index in [1.807, 2.05) is 12.1 Å². The van der Waals surface area contributed by atoms with Crippen molar-refractivity contribution in [2.24, 2.45) is 5.92 Å². The van der Waals surface area contributed by atoms with E-state index in [2.05, 4.69) is 15.5 Å². The lowest BCUT2D eigenvalue weighted by Gasteiger charge is -2.37. The highest BCUT2D eigenvalue weighted by molar-refractivity contribution is 6.30. The van der Waals surface area contributed by atoms with E-state index in [1.54, 1.807) is 19.1 Å². The van der Waals surface area contributed by atoms with Crippen LogP contribution < -0.4 is 5.32 Å². The molecular formula is C17H20ClN3O3. The number of aromatic nitrogens is 2. The number of aliphatic hydroxyl groups is 1. The van der Waals surface area contributed by atoms with Crippen LogP contribution in [0.1, 0.15) is 32.1 Å². The van der Waals surface area contributed by atoms with Crippen LogP contribution in [0.3, 0.4) is 0 Å². The molecular weight excluding hydrogens is 330 g/mol. The molecule has 0 bridgehead atoms. The molecule has 7 heteroatoms. The Balaban J connectivity index is 1.52.